The molecule has 0 fully saturated rings. The van der Waals surface area contributed by atoms with Crippen molar-refractivity contribution in [2.24, 2.45) is 0 Å². The molecule has 31 heavy (non-hydrogen) atoms. The summed E-state index contributed by atoms with van der Waals surface area (Å²) in [6.45, 7) is -0.214. The number of carbonyl (C=O) groups is 1. The van der Waals surface area contributed by atoms with Gasteiger partial charge < -0.3 is 4.74 Å². The highest BCUT2D eigenvalue weighted by atomic mass is 35.5. The fourth-order valence-electron chi connectivity index (χ4n) is 3.23. The third-order valence-electron chi connectivity index (χ3n) is 4.69. The van der Waals surface area contributed by atoms with Crippen LogP contribution in [-0.4, -0.2) is 14.4 Å². The topological polar surface area (TPSA) is 72.5 Å². The van der Waals surface area contributed by atoms with Gasteiger partial charge in [-0.25, -0.2) is 21.6 Å². The number of hydrogen-bond donors (Lipinski definition) is 1. The van der Waals surface area contributed by atoms with Crippen LogP contribution in [0.4, 0.5) is 18.9 Å². The summed E-state index contributed by atoms with van der Waals surface area (Å²) in [7, 11) is -4.68. The summed E-state index contributed by atoms with van der Waals surface area (Å²) in [5.41, 5.74) is 0.0711. The highest BCUT2D eigenvalue weighted by Crippen LogP contribution is 2.33. The Morgan fingerprint density at radius 2 is 1.71 bits per heavy atom. The van der Waals surface area contributed by atoms with Gasteiger partial charge >= 0.3 is 5.97 Å². The molecule has 4 bridgehead atoms. The van der Waals surface area contributed by atoms with Crippen LogP contribution in [0.2, 0.25) is 5.02 Å². The molecular weight excluding hydrogens is 455 g/mol. The minimum Gasteiger partial charge on any atom is -0.461 e. The zero-order valence-corrected chi connectivity index (χ0v) is 17.2. The molecule has 3 aromatic rings. The third-order valence-corrected chi connectivity index (χ3v) is 6.33. The molecule has 1 aliphatic heterocycles. The molecule has 1 N–H and O–H groups in total. The number of benzene rings is 3. The van der Waals surface area contributed by atoms with E-state index in [9.17, 15) is 26.4 Å². The van der Waals surface area contributed by atoms with Gasteiger partial charge in [-0.15, -0.1) is 0 Å². The smallest absolute Gasteiger partial charge is 0.310 e. The summed E-state index contributed by atoms with van der Waals surface area (Å²) in [4.78, 5) is 11.4. The molecule has 0 saturated carbocycles. The minimum absolute atomic E-state index is 0.0855. The number of esters is 1. The number of cyclic esters (lactones) is 1. The second-order valence-corrected chi connectivity index (χ2v) is 8.86. The van der Waals surface area contributed by atoms with Crippen LogP contribution < -0.4 is 4.72 Å². The summed E-state index contributed by atoms with van der Waals surface area (Å²) in [5.74, 6) is -4.15. The van der Waals surface area contributed by atoms with Gasteiger partial charge in [-0.1, -0.05) is 35.9 Å². The normalized spacial score (nSPS) is 15.3. The predicted molar refractivity (Wildman–Crippen MR) is 108 cm³/mol. The summed E-state index contributed by atoms with van der Waals surface area (Å²) >= 11 is 5.80. The molecule has 5 nitrogen and oxygen atoms in total. The summed E-state index contributed by atoms with van der Waals surface area (Å²) in [5, 5.41) is -0.539. The Morgan fingerprint density at radius 3 is 2.48 bits per heavy atom. The van der Waals surface area contributed by atoms with E-state index in [2.05, 4.69) is 0 Å². The molecular formula is C21H13ClF3NO4S. The second kappa shape index (κ2) is 7.90. The number of carbonyl (C=O) groups excluding carboxylic acids is 1. The quantitative estimate of drug-likeness (QED) is 0.481. The van der Waals surface area contributed by atoms with Crippen LogP contribution in [-0.2, 0) is 32.6 Å². The first kappa shape index (κ1) is 21.2. The van der Waals surface area contributed by atoms with Gasteiger partial charge in [-0.3, -0.25) is 9.52 Å². The van der Waals surface area contributed by atoms with Crippen LogP contribution in [0.25, 0.3) is 11.1 Å². The van der Waals surface area contributed by atoms with Gasteiger partial charge in [0.2, 0.25) is 0 Å². The molecule has 0 amide bonds. The molecule has 0 saturated heterocycles. The molecule has 0 radical (unpaired) electrons. The van der Waals surface area contributed by atoms with Gasteiger partial charge in [0.15, 0.2) is 5.82 Å². The van der Waals surface area contributed by atoms with Crippen molar-refractivity contribution in [1.29, 1.82) is 0 Å². The lowest BCUT2D eigenvalue weighted by Gasteiger charge is -2.16. The highest BCUT2D eigenvalue weighted by molar-refractivity contribution is 7.92. The fourth-order valence-corrected chi connectivity index (χ4v) is 4.74. The largest absolute Gasteiger partial charge is 0.461 e. The lowest BCUT2D eigenvalue weighted by molar-refractivity contribution is -0.144. The van der Waals surface area contributed by atoms with Crippen LogP contribution in [0.15, 0.2) is 53.4 Å². The molecule has 4 rings (SSSR count). The Balaban J connectivity index is 1.97. The first-order valence-corrected chi connectivity index (χ1v) is 10.8. The van der Waals surface area contributed by atoms with E-state index in [-0.39, 0.29) is 23.3 Å². The van der Waals surface area contributed by atoms with E-state index in [4.69, 9.17) is 16.3 Å². The first-order chi connectivity index (χ1) is 14.7. The molecule has 10 heteroatoms. The number of anilines is 1. The number of ether oxygens (including phenoxy) is 1. The molecule has 0 spiro atoms. The van der Waals surface area contributed by atoms with E-state index in [1.165, 1.54) is 6.07 Å². The Bertz CT molecular complexity index is 1330. The SMILES string of the molecule is O=C1Cc2cc(Cl)c(F)c(c2)S(=O)(=O)Nc2cc(c(F)cc2F)-c2ccccc2CO1. The highest BCUT2D eigenvalue weighted by Gasteiger charge is 2.26. The first-order valence-electron chi connectivity index (χ1n) is 8.89. The van der Waals surface area contributed by atoms with E-state index >= 15 is 0 Å². The van der Waals surface area contributed by atoms with Crippen molar-refractivity contribution in [3.05, 3.63) is 82.1 Å². The molecule has 0 aliphatic carbocycles. The van der Waals surface area contributed by atoms with E-state index in [1.807, 2.05) is 4.72 Å². The predicted octanol–water partition coefficient (Wildman–Crippen LogP) is 4.82. The Kier molecular flexibility index (Phi) is 5.40. The molecule has 1 aliphatic rings. The monoisotopic (exact) mass is 467 g/mol. The van der Waals surface area contributed by atoms with Crippen LogP contribution in [0.3, 0.4) is 0 Å². The molecule has 0 aromatic heterocycles. The molecule has 3 aromatic carbocycles. The standard InChI is InChI=1S/C21H13ClF3NO4S/c22-15-5-11-6-19(21(15)25)31(28,29)26-18-8-14(16(23)9-17(18)24)13-4-2-1-3-12(13)10-30-20(27)7-11/h1-6,8-9,26H,7,10H2. The van der Waals surface area contributed by atoms with Crippen molar-refractivity contribution >= 4 is 33.3 Å². The van der Waals surface area contributed by atoms with Crippen molar-refractivity contribution < 1.29 is 31.1 Å². The Morgan fingerprint density at radius 1 is 0.968 bits per heavy atom. The lowest BCUT2D eigenvalue weighted by atomic mass is 9.99. The molecule has 160 valence electrons. The van der Waals surface area contributed by atoms with E-state index in [1.54, 1.807) is 18.2 Å². The van der Waals surface area contributed by atoms with Gasteiger partial charge in [0, 0.05) is 11.6 Å². The van der Waals surface area contributed by atoms with Gasteiger partial charge in [-0.2, -0.15) is 0 Å². The van der Waals surface area contributed by atoms with Gasteiger partial charge in [0.25, 0.3) is 10.0 Å². The van der Waals surface area contributed by atoms with Crippen molar-refractivity contribution in [1.82, 2.24) is 0 Å². The average Bonchev–Trinajstić information content (AvgIpc) is 2.70. The van der Waals surface area contributed by atoms with E-state index < -0.39 is 55.5 Å². The molecule has 1 heterocycles. The number of halogens is 4. The number of rotatable bonds is 0. The maximum atomic E-state index is 14.6. The average molecular weight is 468 g/mol. The Labute approximate surface area is 180 Å². The van der Waals surface area contributed by atoms with E-state index in [0.717, 1.165) is 18.2 Å². The number of hydrogen-bond acceptors (Lipinski definition) is 4. The zero-order chi connectivity index (χ0) is 22.3. The fraction of sp³-hybridized carbons (Fsp3) is 0.0952. The molecule has 0 unspecified atom stereocenters. The summed E-state index contributed by atoms with van der Waals surface area (Å²) in [6, 6.07) is 9.84. The Hall–Kier alpha value is -3.04. The van der Waals surface area contributed by atoms with Crippen molar-refractivity contribution in [3.8, 4) is 11.1 Å². The van der Waals surface area contributed by atoms with Crippen LogP contribution in [0, 0.1) is 17.5 Å². The van der Waals surface area contributed by atoms with Crippen molar-refractivity contribution in [2.75, 3.05) is 4.72 Å². The third kappa shape index (κ3) is 4.11. The lowest BCUT2D eigenvalue weighted by Crippen LogP contribution is -2.17. The second-order valence-electron chi connectivity index (χ2n) is 6.80. The minimum atomic E-state index is -4.68. The summed E-state index contributed by atoms with van der Waals surface area (Å²) in [6.07, 6.45) is -0.390. The maximum Gasteiger partial charge on any atom is 0.310 e. The summed E-state index contributed by atoms with van der Waals surface area (Å²) < 4.78 is 76.2. The van der Waals surface area contributed by atoms with Gasteiger partial charge in [-0.05, 0) is 34.9 Å². The van der Waals surface area contributed by atoms with Crippen molar-refractivity contribution in [2.45, 2.75) is 17.9 Å². The number of fused-ring (bicyclic) bond motifs is 6. The zero-order valence-electron chi connectivity index (χ0n) is 15.6. The molecule has 0 atom stereocenters. The van der Waals surface area contributed by atoms with Crippen LogP contribution in [0.5, 0.6) is 0 Å². The van der Waals surface area contributed by atoms with Crippen LogP contribution in [0.1, 0.15) is 11.1 Å². The number of nitrogens with one attached hydrogen (secondary N) is 1. The van der Waals surface area contributed by atoms with Gasteiger partial charge in [0.05, 0.1) is 17.1 Å². The van der Waals surface area contributed by atoms with Crippen molar-refractivity contribution in [3.63, 3.8) is 0 Å². The maximum absolute atomic E-state index is 14.6. The van der Waals surface area contributed by atoms with E-state index in [0.29, 0.717) is 11.6 Å². The number of sulfonamides is 1. The van der Waals surface area contributed by atoms with Gasteiger partial charge in [0.1, 0.15) is 23.1 Å². The van der Waals surface area contributed by atoms with Crippen LogP contribution >= 0.6 is 11.6 Å².